The highest BCUT2D eigenvalue weighted by molar-refractivity contribution is 7.80. The number of aryl methyl sites for hydroxylation is 1. The number of ether oxygens (including phenoxy) is 1. The van der Waals surface area contributed by atoms with Crippen molar-refractivity contribution in [2.75, 3.05) is 25.1 Å². The van der Waals surface area contributed by atoms with Crippen molar-refractivity contribution in [3.05, 3.63) is 70.5 Å². The lowest BCUT2D eigenvalue weighted by Crippen LogP contribution is -2.34. The summed E-state index contributed by atoms with van der Waals surface area (Å²) in [5.74, 6) is -0.279. The molecule has 2 fully saturated rings. The molecule has 9 heteroatoms. The number of carbonyl (C=O) groups excluding carboxylic acids is 2. The molecule has 37 heavy (non-hydrogen) atoms. The molecular formula is C28H29ClN4O3S. The minimum absolute atomic E-state index is 0.0679. The van der Waals surface area contributed by atoms with E-state index in [1.807, 2.05) is 29.0 Å². The number of thiocarbonyl (C=S) groups is 1. The van der Waals surface area contributed by atoms with Gasteiger partial charge in [-0.15, -0.1) is 0 Å². The van der Waals surface area contributed by atoms with Crippen LogP contribution in [0.1, 0.15) is 30.9 Å². The van der Waals surface area contributed by atoms with Crippen molar-refractivity contribution >= 4 is 63.4 Å². The predicted molar refractivity (Wildman–Crippen MR) is 151 cm³/mol. The largest absolute Gasteiger partial charge is 0.376 e. The molecule has 2 amide bonds. The van der Waals surface area contributed by atoms with Gasteiger partial charge in [-0.1, -0.05) is 36.7 Å². The molecule has 3 aromatic rings. The van der Waals surface area contributed by atoms with Gasteiger partial charge in [-0.3, -0.25) is 14.5 Å². The molecule has 1 aromatic heterocycles. The highest BCUT2D eigenvalue weighted by Crippen LogP contribution is 2.32. The third-order valence-corrected chi connectivity index (χ3v) is 7.61. The smallest absolute Gasteiger partial charge is 0.281 e. The van der Waals surface area contributed by atoms with Crippen molar-refractivity contribution in [3.63, 3.8) is 0 Å². The zero-order valence-corrected chi connectivity index (χ0v) is 22.4. The van der Waals surface area contributed by atoms with Gasteiger partial charge in [0.25, 0.3) is 5.91 Å². The number of hydrogen-bond donors (Lipinski definition) is 1. The van der Waals surface area contributed by atoms with Crippen LogP contribution in [-0.4, -0.2) is 52.7 Å². The average Bonchev–Trinajstić information content (AvgIpc) is 3.59. The number of benzene rings is 2. The van der Waals surface area contributed by atoms with Gasteiger partial charge in [0.1, 0.15) is 12.2 Å². The van der Waals surface area contributed by atoms with E-state index in [0.29, 0.717) is 28.1 Å². The molecule has 1 atom stereocenters. The van der Waals surface area contributed by atoms with Crippen LogP contribution in [-0.2, 0) is 27.3 Å². The molecule has 1 N–H and O–H groups in total. The number of likely N-dealkylation sites (N-methyl/N-ethyl adjacent to an activating group) is 1. The maximum absolute atomic E-state index is 13.5. The Bertz CT molecular complexity index is 1390. The van der Waals surface area contributed by atoms with Gasteiger partial charge >= 0.3 is 0 Å². The summed E-state index contributed by atoms with van der Waals surface area (Å²) >= 11 is 11.6. The van der Waals surface area contributed by atoms with Crippen molar-refractivity contribution in [3.8, 4) is 0 Å². The maximum Gasteiger partial charge on any atom is 0.281 e. The number of carbonyl (C=O) groups is 2. The summed E-state index contributed by atoms with van der Waals surface area (Å²) in [6.07, 6.45) is 6.72. The van der Waals surface area contributed by atoms with Crippen molar-refractivity contribution < 1.29 is 14.3 Å². The fourth-order valence-electron chi connectivity index (χ4n) is 4.96. The monoisotopic (exact) mass is 536 g/mol. The lowest BCUT2D eigenvalue weighted by Gasteiger charge is -2.16. The van der Waals surface area contributed by atoms with Crippen molar-refractivity contribution in [1.29, 1.82) is 0 Å². The van der Waals surface area contributed by atoms with Crippen LogP contribution in [0.4, 0.5) is 5.69 Å². The second kappa shape index (κ2) is 10.7. The summed E-state index contributed by atoms with van der Waals surface area (Å²) in [6.45, 7) is 3.56. The second-order valence-corrected chi connectivity index (χ2v) is 10.1. The van der Waals surface area contributed by atoms with Crippen LogP contribution in [0, 0.1) is 0 Å². The number of hydrogen-bond acceptors (Lipinski definition) is 4. The number of nitrogens with zero attached hydrogens (tertiary/aromatic N) is 3. The lowest BCUT2D eigenvalue weighted by atomic mass is 10.1. The molecule has 7 nitrogen and oxygen atoms in total. The Hall–Kier alpha value is -3.20. The van der Waals surface area contributed by atoms with Crippen LogP contribution in [0.15, 0.2) is 54.4 Å². The molecule has 0 aliphatic carbocycles. The summed E-state index contributed by atoms with van der Waals surface area (Å²) in [5, 5.41) is 4.97. The maximum atomic E-state index is 13.5. The fourth-order valence-corrected chi connectivity index (χ4v) is 5.37. The van der Waals surface area contributed by atoms with Gasteiger partial charge in [0.05, 0.1) is 17.3 Å². The number of rotatable bonds is 7. The fraction of sp³-hybridized carbons (Fsp3) is 0.321. The molecule has 0 radical (unpaired) electrons. The quantitative estimate of drug-likeness (QED) is 0.348. The summed E-state index contributed by atoms with van der Waals surface area (Å²) in [4.78, 5) is 29.5. The van der Waals surface area contributed by atoms with Crippen LogP contribution in [0.5, 0.6) is 0 Å². The Morgan fingerprint density at radius 3 is 2.73 bits per heavy atom. The Kier molecular flexibility index (Phi) is 7.33. The Morgan fingerprint density at radius 2 is 2.03 bits per heavy atom. The standard InChI is InChI=1S/C28H29ClN4O3S/c1-3-18-6-4-8-23-19(16-32(26(18)23)17-25(34)30-15-22-7-5-13-36-22)14-24-27(35)33(28(37)31(24)2)21-11-9-20(29)10-12-21/h4,6,8-12,14,16,22H,3,5,7,13,15,17H2,1-2H3,(H,30,34)/b24-14-/t22-/m1/s1. The highest BCUT2D eigenvalue weighted by atomic mass is 35.5. The van der Waals surface area contributed by atoms with Crippen LogP contribution in [0.2, 0.25) is 5.02 Å². The van der Waals surface area contributed by atoms with E-state index in [0.717, 1.165) is 47.9 Å². The molecule has 0 bridgehead atoms. The van der Waals surface area contributed by atoms with Gasteiger partial charge in [0.15, 0.2) is 5.11 Å². The van der Waals surface area contributed by atoms with Crippen LogP contribution >= 0.6 is 23.8 Å². The Morgan fingerprint density at radius 1 is 1.24 bits per heavy atom. The number of halogens is 1. The summed E-state index contributed by atoms with van der Waals surface area (Å²) < 4.78 is 7.60. The molecule has 5 rings (SSSR count). The van der Waals surface area contributed by atoms with E-state index in [-0.39, 0.29) is 24.5 Å². The first-order valence-electron chi connectivity index (χ1n) is 12.5. The molecular weight excluding hydrogens is 508 g/mol. The van der Waals surface area contributed by atoms with E-state index < -0.39 is 0 Å². The molecule has 2 saturated heterocycles. The van der Waals surface area contributed by atoms with Crippen LogP contribution in [0.25, 0.3) is 17.0 Å². The topological polar surface area (TPSA) is 66.8 Å². The summed E-state index contributed by atoms with van der Waals surface area (Å²) in [6, 6.07) is 13.1. The lowest BCUT2D eigenvalue weighted by molar-refractivity contribution is -0.122. The molecule has 2 aromatic carbocycles. The van der Waals surface area contributed by atoms with E-state index in [1.165, 1.54) is 4.90 Å². The third-order valence-electron chi connectivity index (χ3n) is 6.90. The van der Waals surface area contributed by atoms with Crippen LogP contribution in [0.3, 0.4) is 0 Å². The highest BCUT2D eigenvalue weighted by Gasteiger charge is 2.37. The zero-order valence-electron chi connectivity index (χ0n) is 20.9. The normalized spacial score (nSPS) is 19.0. The Labute approximate surface area is 226 Å². The van der Waals surface area contributed by atoms with Crippen LogP contribution < -0.4 is 10.2 Å². The van der Waals surface area contributed by atoms with Gasteiger partial charge in [0, 0.05) is 42.4 Å². The van der Waals surface area contributed by atoms with Gasteiger partial charge in [-0.25, -0.2) is 0 Å². The number of anilines is 1. The average molecular weight is 537 g/mol. The molecule has 0 spiro atoms. The van der Waals surface area contributed by atoms with E-state index in [1.54, 1.807) is 36.2 Å². The Balaban J connectivity index is 1.47. The first-order chi connectivity index (χ1) is 17.9. The first-order valence-corrected chi connectivity index (χ1v) is 13.2. The SMILES string of the molecule is CCc1cccc2c(/C=C3/C(=O)N(c4ccc(Cl)cc4)C(=S)N3C)cn(CC(=O)NC[C@H]3CCCO3)c12. The third kappa shape index (κ3) is 5.01. The second-order valence-electron chi connectivity index (χ2n) is 9.31. The van der Waals surface area contributed by atoms with Gasteiger partial charge in [-0.2, -0.15) is 0 Å². The summed E-state index contributed by atoms with van der Waals surface area (Å²) in [5.41, 5.74) is 4.11. The van der Waals surface area contributed by atoms with E-state index in [2.05, 4.69) is 18.3 Å². The van der Waals surface area contributed by atoms with Gasteiger partial charge in [-0.05, 0) is 67.4 Å². The first kappa shape index (κ1) is 25.4. The minimum atomic E-state index is -0.211. The molecule has 192 valence electrons. The zero-order chi connectivity index (χ0) is 26.1. The number of amides is 2. The van der Waals surface area contributed by atoms with Crippen molar-refractivity contribution in [1.82, 2.24) is 14.8 Å². The predicted octanol–water partition coefficient (Wildman–Crippen LogP) is 4.76. The molecule has 0 saturated carbocycles. The molecule has 2 aliphatic heterocycles. The van der Waals surface area contributed by atoms with Gasteiger partial charge < -0.3 is 19.5 Å². The summed E-state index contributed by atoms with van der Waals surface area (Å²) in [7, 11) is 1.79. The molecule has 2 aliphatic rings. The number of aromatic nitrogens is 1. The van der Waals surface area contributed by atoms with E-state index >= 15 is 0 Å². The number of fused-ring (bicyclic) bond motifs is 1. The van der Waals surface area contributed by atoms with Crippen molar-refractivity contribution in [2.45, 2.75) is 38.8 Å². The van der Waals surface area contributed by atoms with E-state index in [4.69, 9.17) is 28.6 Å². The van der Waals surface area contributed by atoms with Gasteiger partial charge in [0.2, 0.25) is 5.91 Å². The number of para-hydroxylation sites is 1. The molecule has 0 unspecified atom stereocenters. The molecule has 3 heterocycles. The minimum Gasteiger partial charge on any atom is -0.376 e. The van der Waals surface area contributed by atoms with Crippen molar-refractivity contribution in [2.24, 2.45) is 0 Å². The number of nitrogens with one attached hydrogen (secondary N) is 1. The van der Waals surface area contributed by atoms with E-state index in [9.17, 15) is 9.59 Å².